The van der Waals surface area contributed by atoms with Crippen molar-refractivity contribution in [3.05, 3.63) is 0 Å². The molecule has 0 aromatic rings. The van der Waals surface area contributed by atoms with E-state index in [-0.39, 0.29) is 5.92 Å². The second-order valence-electron chi connectivity index (χ2n) is 7.42. The van der Waals surface area contributed by atoms with Crippen molar-refractivity contribution in [3.63, 3.8) is 0 Å². The molecule has 5 atom stereocenters. The highest BCUT2D eigenvalue weighted by Crippen LogP contribution is 2.50. The molecule has 2 saturated heterocycles. The molecule has 1 aliphatic carbocycles. The highest BCUT2D eigenvalue weighted by Gasteiger charge is 2.54. The number of hydrogen-bond donors (Lipinski definition) is 0. The zero-order valence-electron chi connectivity index (χ0n) is 12.9. The smallest absolute Gasteiger partial charge is 0.106 e. The molecule has 0 spiro atoms. The fourth-order valence-corrected chi connectivity index (χ4v) is 4.74. The summed E-state index contributed by atoms with van der Waals surface area (Å²) in [6.07, 6.45) is 0.210. The van der Waals surface area contributed by atoms with Crippen molar-refractivity contribution in [1.82, 2.24) is 4.90 Å². The number of alkyl halides is 1. The minimum atomic E-state index is -0.563. The van der Waals surface area contributed by atoms with Crippen LogP contribution in [0.2, 0.25) is 0 Å². The summed E-state index contributed by atoms with van der Waals surface area (Å²) in [5.41, 5.74) is 0. The lowest BCUT2D eigenvalue weighted by molar-refractivity contribution is -0.129. The number of halogens is 1. The molecule has 2 heterocycles. The first-order valence-electron chi connectivity index (χ1n) is 7.74. The maximum absolute atomic E-state index is 14.3. The van der Waals surface area contributed by atoms with Gasteiger partial charge in [0, 0.05) is 24.5 Å². The molecule has 2 aliphatic heterocycles. The molecule has 3 fully saturated rings. The molecular weight excluding hydrogens is 225 g/mol. The van der Waals surface area contributed by atoms with E-state index in [0.717, 1.165) is 13.0 Å². The summed E-state index contributed by atoms with van der Waals surface area (Å²) in [6.45, 7) is 14.7. The first kappa shape index (κ1) is 14.3. The van der Waals surface area contributed by atoms with Crippen molar-refractivity contribution < 1.29 is 4.39 Å². The second-order valence-corrected chi connectivity index (χ2v) is 7.42. The van der Waals surface area contributed by atoms with Gasteiger partial charge in [-0.1, -0.05) is 27.7 Å². The van der Waals surface area contributed by atoms with E-state index >= 15 is 0 Å². The van der Waals surface area contributed by atoms with Crippen LogP contribution in [0.4, 0.5) is 4.39 Å². The standard InChI is InChI=1S/C16H30FN/c1-9(2)15-12-8-18(11(5)6)14(7-13(12)17)16(15)10(3)4/h9-16H,7-8H2,1-6H3. The van der Waals surface area contributed by atoms with Crippen LogP contribution < -0.4 is 0 Å². The second kappa shape index (κ2) is 5.11. The average molecular weight is 255 g/mol. The van der Waals surface area contributed by atoms with E-state index < -0.39 is 6.17 Å². The summed E-state index contributed by atoms with van der Waals surface area (Å²) in [6, 6.07) is 1.02. The number of fused-ring (bicyclic) bond motifs is 3. The summed E-state index contributed by atoms with van der Waals surface area (Å²) in [7, 11) is 0. The van der Waals surface area contributed by atoms with Gasteiger partial charge >= 0.3 is 0 Å². The van der Waals surface area contributed by atoms with E-state index in [0.29, 0.717) is 35.8 Å². The van der Waals surface area contributed by atoms with Gasteiger partial charge in [-0.3, -0.25) is 4.90 Å². The molecule has 1 nitrogen and oxygen atoms in total. The molecule has 0 radical (unpaired) electrons. The van der Waals surface area contributed by atoms with E-state index in [1.165, 1.54) is 0 Å². The third-order valence-corrected chi connectivity index (χ3v) is 5.36. The van der Waals surface area contributed by atoms with Crippen molar-refractivity contribution in [2.75, 3.05) is 6.54 Å². The van der Waals surface area contributed by atoms with Gasteiger partial charge in [-0.25, -0.2) is 4.39 Å². The minimum Gasteiger partial charge on any atom is -0.297 e. The Balaban J connectivity index is 2.31. The van der Waals surface area contributed by atoms with Crippen LogP contribution in [0.15, 0.2) is 0 Å². The zero-order chi connectivity index (χ0) is 13.6. The molecule has 18 heavy (non-hydrogen) atoms. The number of hydrogen-bond acceptors (Lipinski definition) is 1. The fraction of sp³-hybridized carbons (Fsp3) is 1.00. The molecule has 106 valence electrons. The van der Waals surface area contributed by atoms with Gasteiger partial charge in [0.1, 0.15) is 6.17 Å². The Bertz CT molecular complexity index is 287. The van der Waals surface area contributed by atoms with Gasteiger partial charge in [-0.05, 0) is 43.9 Å². The zero-order valence-corrected chi connectivity index (χ0v) is 12.9. The Morgan fingerprint density at radius 2 is 1.50 bits per heavy atom. The highest BCUT2D eigenvalue weighted by atomic mass is 19.1. The summed E-state index contributed by atoms with van der Waals surface area (Å²) in [4.78, 5) is 2.57. The number of piperidine rings is 2. The molecule has 2 bridgehead atoms. The van der Waals surface area contributed by atoms with Gasteiger partial charge in [0.25, 0.3) is 0 Å². The maximum Gasteiger partial charge on any atom is 0.106 e. The van der Waals surface area contributed by atoms with E-state index in [9.17, 15) is 4.39 Å². The third-order valence-electron chi connectivity index (χ3n) is 5.36. The largest absolute Gasteiger partial charge is 0.297 e. The van der Waals surface area contributed by atoms with Crippen LogP contribution in [0.1, 0.15) is 48.0 Å². The van der Waals surface area contributed by atoms with E-state index in [1.807, 2.05) is 0 Å². The van der Waals surface area contributed by atoms with E-state index in [2.05, 4.69) is 46.4 Å². The lowest BCUT2D eigenvalue weighted by Crippen LogP contribution is -2.65. The minimum absolute atomic E-state index is 0.268. The van der Waals surface area contributed by atoms with Gasteiger partial charge in [-0.2, -0.15) is 0 Å². The van der Waals surface area contributed by atoms with Crippen LogP contribution >= 0.6 is 0 Å². The van der Waals surface area contributed by atoms with Gasteiger partial charge in [-0.15, -0.1) is 0 Å². The maximum atomic E-state index is 14.3. The topological polar surface area (TPSA) is 3.24 Å². The van der Waals surface area contributed by atoms with Gasteiger partial charge in [0.2, 0.25) is 0 Å². The normalized spacial score (nSPS) is 41.3. The SMILES string of the molecule is CC(C)C1C2CN(C(C)C)C(CC2F)C1C(C)C. The number of rotatable bonds is 3. The quantitative estimate of drug-likeness (QED) is 0.737. The Morgan fingerprint density at radius 1 is 0.944 bits per heavy atom. The molecule has 0 amide bonds. The van der Waals surface area contributed by atoms with Crippen molar-refractivity contribution in [1.29, 1.82) is 0 Å². The van der Waals surface area contributed by atoms with Crippen LogP contribution in [-0.2, 0) is 0 Å². The van der Waals surface area contributed by atoms with Crippen LogP contribution in [0.3, 0.4) is 0 Å². The average Bonchev–Trinajstić information content (AvgIpc) is 2.26. The van der Waals surface area contributed by atoms with Crippen LogP contribution in [0, 0.1) is 29.6 Å². The lowest BCUT2D eigenvalue weighted by atomic mass is 9.57. The highest BCUT2D eigenvalue weighted by molar-refractivity contribution is 5.04. The third kappa shape index (κ3) is 2.21. The Labute approximate surface area is 112 Å². The van der Waals surface area contributed by atoms with Crippen molar-refractivity contribution in [2.45, 2.75) is 66.2 Å². The molecule has 3 aliphatic rings. The summed E-state index contributed by atoms with van der Waals surface area (Å²) < 4.78 is 14.3. The fourth-order valence-electron chi connectivity index (χ4n) is 4.74. The molecule has 0 N–H and O–H groups in total. The predicted molar refractivity (Wildman–Crippen MR) is 75.3 cm³/mol. The molecule has 0 aromatic heterocycles. The summed E-state index contributed by atoms with van der Waals surface area (Å²) in [5, 5.41) is 0. The monoisotopic (exact) mass is 255 g/mol. The van der Waals surface area contributed by atoms with E-state index in [4.69, 9.17) is 0 Å². The molecule has 5 unspecified atom stereocenters. The lowest BCUT2D eigenvalue weighted by Gasteiger charge is -2.59. The van der Waals surface area contributed by atoms with Gasteiger partial charge in [0.15, 0.2) is 0 Å². The summed E-state index contributed by atoms with van der Waals surface area (Å²) >= 11 is 0. The Kier molecular flexibility index (Phi) is 4.06. The molecule has 0 aromatic carbocycles. The summed E-state index contributed by atoms with van der Waals surface area (Å²) in [5.74, 6) is 2.80. The van der Waals surface area contributed by atoms with E-state index in [1.54, 1.807) is 0 Å². The van der Waals surface area contributed by atoms with Crippen molar-refractivity contribution >= 4 is 0 Å². The number of nitrogens with zero attached hydrogens (tertiary/aromatic N) is 1. The molecular formula is C16H30FN. The van der Waals surface area contributed by atoms with Crippen LogP contribution in [-0.4, -0.2) is 29.7 Å². The predicted octanol–water partition coefficient (Wildman–Crippen LogP) is 3.98. The molecule has 2 heteroatoms. The Morgan fingerprint density at radius 3 is 1.94 bits per heavy atom. The molecule has 3 rings (SSSR count). The van der Waals surface area contributed by atoms with Gasteiger partial charge in [0.05, 0.1) is 0 Å². The van der Waals surface area contributed by atoms with Crippen LogP contribution in [0.5, 0.6) is 0 Å². The first-order chi connectivity index (χ1) is 8.34. The van der Waals surface area contributed by atoms with Crippen LogP contribution in [0.25, 0.3) is 0 Å². The van der Waals surface area contributed by atoms with Crippen molar-refractivity contribution in [3.8, 4) is 0 Å². The Hall–Kier alpha value is -0.110. The van der Waals surface area contributed by atoms with Gasteiger partial charge < -0.3 is 0 Å². The molecule has 1 saturated carbocycles. The van der Waals surface area contributed by atoms with Crippen molar-refractivity contribution in [2.24, 2.45) is 29.6 Å². The first-order valence-corrected chi connectivity index (χ1v) is 7.74.